The van der Waals surface area contributed by atoms with E-state index in [0.29, 0.717) is 54.3 Å². The van der Waals surface area contributed by atoms with Crippen LogP contribution < -0.4 is 9.64 Å². The molecule has 7 rings (SSSR count). The lowest BCUT2D eigenvalue weighted by atomic mass is 9.95. The number of benzene rings is 2. The molecule has 5 heterocycles. The van der Waals surface area contributed by atoms with Gasteiger partial charge >= 0.3 is 6.01 Å². The van der Waals surface area contributed by atoms with Gasteiger partial charge in [0.2, 0.25) is 12.5 Å². The van der Waals surface area contributed by atoms with Crippen molar-refractivity contribution in [1.82, 2.24) is 24.8 Å². The van der Waals surface area contributed by atoms with Gasteiger partial charge in [0.15, 0.2) is 5.65 Å². The Bertz CT molecular complexity index is 1850. The monoisotopic (exact) mass is 625 g/mol. The Morgan fingerprint density at radius 3 is 2.71 bits per heavy atom. The first-order valence-electron chi connectivity index (χ1n) is 15.4. The summed E-state index contributed by atoms with van der Waals surface area (Å²) in [5.74, 6) is -0.0368. The number of halogens is 2. The number of nitrogens with zero attached hydrogens (tertiary/aromatic N) is 7. The van der Waals surface area contributed by atoms with Crippen LogP contribution in [0.5, 0.6) is 6.01 Å². The molecule has 0 unspecified atom stereocenters. The highest BCUT2D eigenvalue weighted by atomic mass is 35.5. The zero-order valence-corrected chi connectivity index (χ0v) is 25.6. The predicted molar refractivity (Wildman–Crippen MR) is 173 cm³/mol. The molecule has 45 heavy (non-hydrogen) atoms. The van der Waals surface area contributed by atoms with Crippen molar-refractivity contribution in [2.75, 3.05) is 50.8 Å². The summed E-state index contributed by atoms with van der Waals surface area (Å²) in [6, 6.07) is 12.4. The standard InChI is InChI=1S/C34H33ClFN7O2/c1-3-28(44)43-18-17-41(20-23(43)19-37-2)32-25-10-12-27(24-8-4-7-22-9-11-26(36)30(35)29(22)24)38-31(25)39-33(40-32)45-21-34-13-5-15-42(34)16-6-14-34/h3-4,7-12,23H,1,5-6,13-21H2/t23-/m0/s1. The molecular weight excluding hydrogens is 593 g/mol. The number of hydrogen-bond acceptors (Lipinski definition) is 7. The predicted octanol–water partition coefficient (Wildman–Crippen LogP) is 5.77. The maximum absolute atomic E-state index is 14.6. The molecule has 4 aromatic rings. The van der Waals surface area contributed by atoms with Crippen molar-refractivity contribution in [3.05, 3.63) is 77.4 Å². The van der Waals surface area contributed by atoms with Gasteiger partial charge in [-0.3, -0.25) is 9.69 Å². The van der Waals surface area contributed by atoms with Crippen molar-refractivity contribution in [2.24, 2.45) is 0 Å². The maximum atomic E-state index is 14.6. The molecule has 0 radical (unpaired) electrons. The molecule has 1 atom stereocenters. The minimum Gasteiger partial charge on any atom is -0.461 e. The van der Waals surface area contributed by atoms with Crippen molar-refractivity contribution in [3.8, 4) is 17.3 Å². The molecule has 0 saturated carbocycles. The molecule has 3 aliphatic rings. The molecule has 0 aliphatic carbocycles. The number of pyridine rings is 1. The van der Waals surface area contributed by atoms with Gasteiger partial charge in [0.25, 0.3) is 0 Å². The van der Waals surface area contributed by atoms with Crippen LogP contribution in [0.15, 0.2) is 55.1 Å². The van der Waals surface area contributed by atoms with Gasteiger partial charge in [-0.2, -0.15) is 9.97 Å². The molecule has 11 heteroatoms. The number of fused-ring (bicyclic) bond motifs is 3. The van der Waals surface area contributed by atoms with Gasteiger partial charge in [0.1, 0.15) is 24.3 Å². The Kier molecular flexibility index (Phi) is 7.76. The lowest BCUT2D eigenvalue weighted by molar-refractivity contribution is -0.128. The number of anilines is 1. The van der Waals surface area contributed by atoms with E-state index in [-0.39, 0.29) is 35.1 Å². The van der Waals surface area contributed by atoms with Crippen LogP contribution in [0.2, 0.25) is 5.02 Å². The minimum absolute atomic E-state index is 0.00886. The Morgan fingerprint density at radius 1 is 1.11 bits per heavy atom. The van der Waals surface area contributed by atoms with Gasteiger partial charge in [-0.1, -0.05) is 42.4 Å². The van der Waals surface area contributed by atoms with Crippen LogP contribution in [0.4, 0.5) is 10.2 Å². The van der Waals surface area contributed by atoms with Crippen molar-refractivity contribution in [1.29, 1.82) is 0 Å². The quantitative estimate of drug-likeness (QED) is 0.191. The zero-order chi connectivity index (χ0) is 31.1. The van der Waals surface area contributed by atoms with Gasteiger partial charge in [0, 0.05) is 30.6 Å². The number of hydrogen-bond donors (Lipinski definition) is 0. The molecule has 2 aromatic carbocycles. The lowest BCUT2D eigenvalue weighted by Gasteiger charge is -2.39. The van der Waals surface area contributed by atoms with Crippen LogP contribution in [0, 0.1) is 12.4 Å². The van der Waals surface area contributed by atoms with E-state index in [0.717, 1.165) is 49.5 Å². The number of rotatable bonds is 7. The van der Waals surface area contributed by atoms with Gasteiger partial charge in [-0.15, -0.1) is 0 Å². The summed E-state index contributed by atoms with van der Waals surface area (Å²) in [7, 11) is 0. The molecule has 0 N–H and O–H groups in total. The highest BCUT2D eigenvalue weighted by molar-refractivity contribution is 6.36. The minimum atomic E-state index is -0.493. The van der Waals surface area contributed by atoms with Crippen LogP contribution in [-0.4, -0.2) is 88.1 Å². The zero-order valence-electron chi connectivity index (χ0n) is 24.9. The van der Waals surface area contributed by atoms with Crippen LogP contribution in [0.3, 0.4) is 0 Å². The number of carbonyl (C=O) groups is 1. The number of amides is 1. The Hall–Kier alpha value is -4.33. The van der Waals surface area contributed by atoms with E-state index in [4.69, 9.17) is 37.9 Å². The van der Waals surface area contributed by atoms with Crippen LogP contribution in [-0.2, 0) is 4.79 Å². The van der Waals surface area contributed by atoms with Crippen LogP contribution in [0.25, 0.3) is 37.9 Å². The molecule has 230 valence electrons. The summed E-state index contributed by atoms with van der Waals surface area (Å²) in [6.07, 6.45) is 5.78. The fourth-order valence-corrected chi connectivity index (χ4v) is 7.60. The summed E-state index contributed by atoms with van der Waals surface area (Å²) in [5.41, 5.74) is 1.74. The first-order chi connectivity index (χ1) is 21.9. The van der Waals surface area contributed by atoms with E-state index in [2.05, 4.69) is 21.2 Å². The summed E-state index contributed by atoms with van der Waals surface area (Å²) in [4.78, 5) is 37.2. The molecule has 3 saturated heterocycles. The Labute approximate surface area is 266 Å². The third-order valence-corrected chi connectivity index (χ3v) is 9.92. The molecular formula is C34H33ClFN7O2. The first kappa shape index (κ1) is 29.4. The fourth-order valence-electron chi connectivity index (χ4n) is 7.33. The second kappa shape index (κ2) is 11.9. The van der Waals surface area contributed by atoms with Crippen molar-refractivity contribution in [3.63, 3.8) is 0 Å². The average molecular weight is 626 g/mol. The molecule has 9 nitrogen and oxygen atoms in total. The topological polar surface area (TPSA) is 79.1 Å². The Balaban J connectivity index is 1.31. The van der Waals surface area contributed by atoms with Gasteiger partial charge in [-0.05, 0) is 68.4 Å². The average Bonchev–Trinajstić information content (AvgIpc) is 3.65. The third-order valence-electron chi connectivity index (χ3n) is 9.55. The van der Waals surface area contributed by atoms with Crippen LogP contribution >= 0.6 is 11.6 Å². The number of aromatic nitrogens is 3. The molecule has 3 aliphatic heterocycles. The van der Waals surface area contributed by atoms with Gasteiger partial charge < -0.3 is 19.4 Å². The molecule has 2 aromatic heterocycles. The molecule has 1 amide bonds. The highest BCUT2D eigenvalue weighted by Crippen LogP contribution is 2.40. The summed E-state index contributed by atoms with van der Waals surface area (Å²) in [5, 5.41) is 2.16. The smallest absolute Gasteiger partial charge is 0.320 e. The highest BCUT2D eigenvalue weighted by Gasteiger charge is 2.45. The normalized spacial score (nSPS) is 19.5. The summed E-state index contributed by atoms with van der Waals surface area (Å²) in [6.45, 7) is 15.3. The van der Waals surface area contributed by atoms with E-state index < -0.39 is 5.82 Å². The third kappa shape index (κ3) is 5.24. The SMILES string of the molecule is [C-]#[N+]C[C@H]1CN(c2nc(OCC34CCCN3CCC4)nc3nc(-c4cccc5ccc(F)c(Cl)c45)ccc23)CCN1C(=O)C=C. The second-order valence-electron chi connectivity index (χ2n) is 12.0. The molecule has 0 bridgehead atoms. The Morgan fingerprint density at radius 2 is 1.93 bits per heavy atom. The maximum Gasteiger partial charge on any atom is 0.320 e. The van der Waals surface area contributed by atoms with E-state index in [1.165, 1.54) is 12.1 Å². The van der Waals surface area contributed by atoms with E-state index >= 15 is 0 Å². The largest absolute Gasteiger partial charge is 0.461 e. The summed E-state index contributed by atoms with van der Waals surface area (Å²) < 4.78 is 21.0. The van der Waals surface area contributed by atoms with E-state index in [9.17, 15) is 9.18 Å². The van der Waals surface area contributed by atoms with Crippen LogP contribution in [0.1, 0.15) is 25.7 Å². The first-order valence-corrected chi connectivity index (χ1v) is 15.7. The molecule has 0 spiro atoms. The van der Waals surface area contributed by atoms with E-state index in [1.807, 2.05) is 30.3 Å². The molecule has 3 fully saturated rings. The van der Waals surface area contributed by atoms with E-state index in [1.54, 1.807) is 11.0 Å². The lowest BCUT2D eigenvalue weighted by Crippen LogP contribution is -2.56. The van der Waals surface area contributed by atoms with Crippen molar-refractivity contribution < 1.29 is 13.9 Å². The second-order valence-corrected chi connectivity index (χ2v) is 12.4. The summed E-state index contributed by atoms with van der Waals surface area (Å²) >= 11 is 6.47. The number of ether oxygens (including phenoxy) is 1. The van der Waals surface area contributed by atoms with Gasteiger partial charge in [0.05, 0.1) is 21.6 Å². The van der Waals surface area contributed by atoms with Crippen molar-refractivity contribution in [2.45, 2.75) is 37.3 Å². The van der Waals surface area contributed by atoms with Crippen molar-refractivity contribution >= 4 is 45.1 Å². The van der Waals surface area contributed by atoms with Gasteiger partial charge in [-0.25, -0.2) is 15.9 Å². The number of carbonyl (C=O) groups excluding carboxylic acids is 1. The fraction of sp³-hybridized carbons (Fsp3) is 0.382. The number of piperazine rings is 1.